The molecule has 146 valence electrons. The van der Waals surface area contributed by atoms with E-state index in [-0.39, 0.29) is 30.1 Å². The summed E-state index contributed by atoms with van der Waals surface area (Å²) in [6.07, 6.45) is 3.95. The lowest BCUT2D eigenvalue weighted by atomic mass is 9.74. The monoisotopic (exact) mass is 383 g/mol. The Labute approximate surface area is 161 Å². The van der Waals surface area contributed by atoms with E-state index in [9.17, 15) is 9.59 Å². The fourth-order valence-corrected chi connectivity index (χ4v) is 4.13. The van der Waals surface area contributed by atoms with Crippen molar-refractivity contribution in [3.63, 3.8) is 0 Å². The first-order valence-electron chi connectivity index (χ1n) is 9.23. The van der Waals surface area contributed by atoms with Crippen LogP contribution in [0.15, 0.2) is 10.5 Å². The predicted molar refractivity (Wildman–Crippen MR) is 102 cm³/mol. The Kier molecular flexibility index (Phi) is 6.40. The van der Waals surface area contributed by atoms with Crippen molar-refractivity contribution in [3.8, 4) is 0 Å². The van der Waals surface area contributed by atoms with Crippen LogP contribution >= 0.6 is 12.4 Å². The summed E-state index contributed by atoms with van der Waals surface area (Å²) in [4.78, 5) is 29.3. The molecular formula is C19H30ClN3O3. The molecule has 1 aromatic rings. The van der Waals surface area contributed by atoms with Crippen LogP contribution in [0.25, 0.3) is 0 Å². The fraction of sp³-hybridized carbons (Fsp3) is 0.684. The number of hydrogen-bond donors (Lipinski definition) is 1. The molecule has 1 saturated heterocycles. The molecule has 3 rings (SSSR count). The lowest BCUT2D eigenvalue weighted by Crippen LogP contribution is -2.57. The molecule has 2 atom stereocenters. The minimum atomic E-state index is -0.409. The summed E-state index contributed by atoms with van der Waals surface area (Å²) in [5.41, 5.74) is 6.59. The Bertz CT molecular complexity index is 663. The number of carbonyl (C=O) groups excluding carboxylic acids is 2. The second-order valence-electron chi connectivity index (χ2n) is 7.75. The lowest BCUT2D eigenvalue weighted by molar-refractivity contribution is -0.140. The number of carbonyl (C=O) groups is 2. The summed E-state index contributed by atoms with van der Waals surface area (Å²) in [7, 11) is 0. The molecule has 26 heavy (non-hydrogen) atoms. The molecule has 6 nitrogen and oxygen atoms in total. The second-order valence-corrected chi connectivity index (χ2v) is 7.75. The normalized spacial score (nSPS) is 26.4. The van der Waals surface area contributed by atoms with Crippen molar-refractivity contribution in [2.75, 3.05) is 26.2 Å². The Morgan fingerprint density at radius 3 is 2.31 bits per heavy atom. The topological polar surface area (TPSA) is 79.8 Å². The Balaban J connectivity index is 0.00000243. The molecule has 0 aromatic carbocycles. The summed E-state index contributed by atoms with van der Waals surface area (Å²) in [6.45, 7) is 7.92. The Morgan fingerprint density at radius 2 is 1.77 bits per heavy atom. The van der Waals surface area contributed by atoms with E-state index in [1.807, 2.05) is 30.6 Å². The van der Waals surface area contributed by atoms with Gasteiger partial charge in [0.1, 0.15) is 11.5 Å². The molecule has 0 bridgehead atoms. The van der Waals surface area contributed by atoms with E-state index in [0.29, 0.717) is 37.5 Å². The highest BCUT2D eigenvalue weighted by atomic mass is 35.5. The molecule has 2 fully saturated rings. The number of halogens is 1. The van der Waals surface area contributed by atoms with Gasteiger partial charge < -0.3 is 20.0 Å². The van der Waals surface area contributed by atoms with E-state index in [2.05, 4.69) is 0 Å². The zero-order valence-corrected chi connectivity index (χ0v) is 16.7. The van der Waals surface area contributed by atoms with Crippen LogP contribution in [0.4, 0.5) is 0 Å². The number of nitrogens with two attached hydrogens (primary N) is 1. The van der Waals surface area contributed by atoms with Gasteiger partial charge in [0.15, 0.2) is 0 Å². The van der Waals surface area contributed by atoms with Gasteiger partial charge in [-0.25, -0.2) is 0 Å². The van der Waals surface area contributed by atoms with Crippen LogP contribution in [-0.4, -0.2) is 53.3 Å². The molecule has 7 heteroatoms. The standard InChI is InChI=1S/C19H29N3O3.ClH/c1-13-12-15(14(2)25-13)17(23)21-8-10-22(11-9-21)18(24)16-6-4-5-7-19(16,3)20;/h12,16H,4-11,20H2,1-3H3;1H. The summed E-state index contributed by atoms with van der Waals surface area (Å²) < 4.78 is 5.46. The SMILES string of the molecule is Cc1cc(C(=O)N2CCN(C(=O)C3CCCCC3(C)N)CC2)c(C)o1.Cl. The van der Waals surface area contributed by atoms with Crippen molar-refractivity contribution in [1.82, 2.24) is 9.80 Å². The van der Waals surface area contributed by atoms with Gasteiger partial charge in [-0.2, -0.15) is 0 Å². The van der Waals surface area contributed by atoms with Crippen molar-refractivity contribution in [2.45, 2.75) is 52.0 Å². The van der Waals surface area contributed by atoms with E-state index in [4.69, 9.17) is 10.2 Å². The predicted octanol–water partition coefficient (Wildman–Crippen LogP) is 2.51. The van der Waals surface area contributed by atoms with E-state index >= 15 is 0 Å². The van der Waals surface area contributed by atoms with Gasteiger partial charge >= 0.3 is 0 Å². The third kappa shape index (κ3) is 4.07. The number of aryl methyl sites for hydroxylation is 2. The Morgan fingerprint density at radius 1 is 1.15 bits per heavy atom. The molecular weight excluding hydrogens is 354 g/mol. The highest BCUT2D eigenvalue weighted by molar-refractivity contribution is 5.95. The quantitative estimate of drug-likeness (QED) is 0.850. The average Bonchev–Trinajstić information content (AvgIpc) is 2.92. The van der Waals surface area contributed by atoms with E-state index < -0.39 is 5.54 Å². The van der Waals surface area contributed by atoms with Gasteiger partial charge in [0.05, 0.1) is 11.5 Å². The molecule has 2 N–H and O–H groups in total. The van der Waals surface area contributed by atoms with Gasteiger partial charge in [0.2, 0.25) is 5.91 Å². The third-order valence-corrected chi connectivity index (χ3v) is 5.70. The minimum Gasteiger partial charge on any atom is -0.466 e. The van der Waals surface area contributed by atoms with E-state index in [0.717, 1.165) is 31.4 Å². The van der Waals surface area contributed by atoms with Crippen LogP contribution in [0.1, 0.15) is 54.5 Å². The first-order valence-corrected chi connectivity index (χ1v) is 9.23. The zero-order valence-electron chi connectivity index (χ0n) is 15.9. The number of rotatable bonds is 2. The molecule has 2 amide bonds. The fourth-order valence-electron chi connectivity index (χ4n) is 4.13. The maximum absolute atomic E-state index is 12.9. The van der Waals surface area contributed by atoms with Crippen LogP contribution < -0.4 is 5.73 Å². The summed E-state index contributed by atoms with van der Waals surface area (Å²) >= 11 is 0. The molecule has 1 aliphatic heterocycles. The molecule has 2 unspecified atom stereocenters. The lowest BCUT2D eigenvalue weighted by Gasteiger charge is -2.42. The van der Waals surface area contributed by atoms with Gasteiger partial charge in [0.25, 0.3) is 5.91 Å². The molecule has 2 heterocycles. The number of nitrogens with zero attached hydrogens (tertiary/aromatic N) is 2. The largest absolute Gasteiger partial charge is 0.466 e. The minimum absolute atomic E-state index is 0. The van der Waals surface area contributed by atoms with Gasteiger partial charge in [-0.15, -0.1) is 12.4 Å². The molecule has 1 aliphatic carbocycles. The van der Waals surface area contributed by atoms with E-state index in [1.54, 1.807) is 6.07 Å². The number of amides is 2. The summed E-state index contributed by atoms with van der Waals surface area (Å²) in [5.74, 6) is 1.45. The van der Waals surface area contributed by atoms with Crippen LogP contribution in [0.2, 0.25) is 0 Å². The smallest absolute Gasteiger partial charge is 0.257 e. The number of furan rings is 1. The summed E-state index contributed by atoms with van der Waals surface area (Å²) in [5, 5.41) is 0. The summed E-state index contributed by atoms with van der Waals surface area (Å²) in [6, 6.07) is 1.79. The number of hydrogen-bond acceptors (Lipinski definition) is 4. The number of piperazine rings is 1. The average molecular weight is 384 g/mol. The van der Waals surface area contributed by atoms with Crippen molar-refractivity contribution < 1.29 is 14.0 Å². The highest BCUT2D eigenvalue weighted by Crippen LogP contribution is 2.33. The Hall–Kier alpha value is -1.53. The molecule has 0 radical (unpaired) electrons. The van der Waals surface area contributed by atoms with Crippen LogP contribution in [0.5, 0.6) is 0 Å². The van der Waals surface area contributed by atoms with Gasteiger partial charge in [-0.1, -0.05) is 12.8 Å². The van der Waals surface area contributed by atoms with Gasteiger partial charge in [-0.3, -0.25) is 9.59 Å². The van der Waals surface area contributed by atoms with Gasteiger partial charge in [-0.05, 0) is 39.7 Å². The van der Waals surface area contributed by atoms with E-state index in [1.165, 1.54) is 0 Å². The van der Waals surface area contributed by atoms with Crippen molar-refractivity contribution >= 4 is 24.2 Å². The molecule has 2 aliphatic rings. The van der Waals surface area contributed by atoms with Crippen LogP contribution in [-0.2, 0) is 4.79 Å². The highest BCUT2D eigenvalue weighted by Gasteiger charge is 2.40. The maximum Gasteiger partial charge on any atom is 0.257 e. The first kappa shape index (κ1) is 20.8. The maximum atomic E-state index is 12.9. The van der Waals surface area contributed by atoms with Crippen LogP contribution in [0, 0.1) is 19.8 Å². The third-order valence-electron chi connectivity index (χ3n) is 5.70. The van der Waals surface area contributed by atoms with Gasteiger partial charge in [0, 0.05) is 31.7 Å². The first-order chi connectivity index (χ1) is 11.8. The van der Waals surface area contributed by atoms with Crippen molar-refractivity contribution in [2.24, 2.45) is 11.7 Å². The van der Waals surface area contributed by atoms with Crippen molar-refractivity contribution in [3.05, 3.63) is 23.2 Å². The molecule has 0 spiro atoms. The zero-order chi connectivity index (χ0) is 18.2. The second kappa shape index (κ2) is 8.01. The molecule has 1 saturated carbocycles. The van der Waals surface area contributed by atoms with Crippen molar-refractivity contribution in [1.29, 1.82) is 0 Å². The molecule has 1 aromatic heterocycles. The van der Waals surface area contributed by atoms with Crippen LogP contribution in [0.3, 0.4) is 0 Å².